The van der Waals surface area contributed by atoms with Gasteiger partial charge in [0.15, 0.2) is 0 Å². The Hall–Kier alpha value is -2.03. The van der Waals surface area contributed by atoms with Crippen molar-refractivity contribution in [3.63, 3.8) is 0 Å². The maximum Gasteiger partial charge on any atom is 0.119 e. The lowest BCUT2D eigenvalue weighted by atomic mass is 10.0. The van der Waals surface area contributed by atoms with Gasteiger partial charge in [0.05, 0.1) is 12.2 Å². The lowest BCUT2D eigenvalue weighted by molar-refractivity contribution is 0.223. The Morgan fingerprint density at radius 1 is 1.35 bits per heavy atom. The molecule has 0 saturated heterocycles. The summed E-state index contributed by atoms with van der Waals surface area (Å²) in [5, 5.41) is 9.84. The van der Waals surface area contributed by atoms with Gasteiger partial charge in [-0.05, 0) is 37.5 Å². The number of aryl methyl sites for hydroxylation is 1. The molecule has 1 aliphatic rings. The summed E-state index contributed by atoms with van der Waals surface area (Å²) >= 11 is 1.56. The van der Waals surface area contributed by atoms with Crippen LogP contribution in [0, 0.1) is 18.3 Å². The number of nitrogens with two attached hydrogens (primary N) is 1. The maximum absolute atomic E-state index is 9.17. The summed E-state index contributed by atoms with van der Waals surface area (Å²) in [6.45, 7) is 5.69. The fraction of sp³-hybridized carbons (Fsp3) is 0.389. The lowest BCUT2D eigenvalue weighted by Gasteiger charge is -2.26. The molecule has 0 bridgehead atoms. The summed E-state index contributed by atoms with van der Waals surface area (Å²) in [5.41, 5.74) is 9.05. The molecule has 0 fully saturated rings. The second-order valence-corrected chi connectivity index (χ2v) is 7.03. The van der Waals surface area contributed by atoms with Gasteiger partial charge in [-0.3, -0.25) is 4.90 Å². The number of rotatable bonds is 5. The molecule has 1 aliphatic heterocycles. The lowest BCUT2D eigenvalue weighted by Crippen LogP contribution is -2.31. The van der Waals surface area contributed by atoms with Gasteiger partial charge >= 0.3 is 0 Å². The molecule has 0 unspecified atom stereocenters. The first-order valence-electron chi connectivity index (χ1n) is 7.89. The van der Waals surface area contributed by atoms with Gasteiger partial charge < -0.3 is 10.5 Å². The molecular weight excluding hydrogens is 306 g/mol. The summed E-state index contributed by atoms with van der Waals surface area (Å²) in [7, 11) is 0. The Morgan fingerprint density at radius 3 is 2.87 bits per heavy atom. The average molecular weight is 327 g/mol. The number of nitrogens with zero attached hydrogens (tertiary/aromatic N) is 2. The number of thiophene rings is 1. The first-order chi connectivity index (χ1) is 11.2. The summed E-state index contributed by atoms with van der Waals surface area (Å²) in [4.78, 5) is 3.67. The van der Waals surface area contributed by atoms with Gasteiger partial charge in [0.1, 0.15) is 16.8 Å². The van der Waals surface area contributed by atoms with E-state index < -0.39 is 0 Å². The minimum absolute atomic E-state index is 0.669. The monoisotopic (exact) mass is 327 g/mol. The van der Waals surface area contributed by atoms with Crippen LogP contribution in [-0.4, -0.2) is 24.6 Å². The Kier molecular flexibility index (Phi) is 4.85. The van der Waals surface area contributed by atoms with Crippen LogP contribution in [0.4, 0.5) is 5.00 Å². The third-order valence-corrected chi connectivity index (χ3v) is 5.23. The van der Waals surface area contributed by atoms with E-state index in [9.17, 15) is 5.26 Å². The van der Waals surface area contributed by atoms with E-state index in [1.54, 1.807) is 11.3 Å². The fourth-order valence-corrected chi connectivity index (χ4v) is 4.01. The minimum atomic E-state index is 0.669. The third kappa shape index (κ3) is 3.66. The molecule has 23 heavy (non-hydrogen) atoms. The first kappa shape index (κ1) is 15.9. The molecule has 0 amide bonds. The van der Waals surface area contributed by atoms with E-state index in [1.807, 2.05) is 12.1 Å². The van der Waals surface area contributed by atoms with Crippen molar-refractivity contribution in [1.29, 1.82) is 5.26 Å². The molecule has 0 radical (unpaired) electrons. The molecule has 0 spiro atoms. The maximum atomic E-state index is 9.17. The molecule has 0 aliphatic carbocycles. The molecular formula is C18H21N3OS. The molecule has 1 aromatic carbocycles. The molecule has 120 valence electrons. The van der Waals surface area contributed by atoms with E-state index in [2.05, 4.69) is 30.0 Å². The summed E-state index contributed by atoms with van der Waals surface area (Å²) < 4.78 is 5.78. The van der Waals surface area contributed by atoms with E-state index in [0.29, 0.717) is 10.6 Å². The van der Waals surface area contributed by atoms with Crippen molar-refractivity contribution in [2.24, 2.45) is 0 Å². The molecule has 0 saturated carbocycles. The fourth-order valence-electron chi connectivity index (χ4n) is 2.90. The molecule has 1 aromatic heterocycles. The van der Waals surface area contributed by atoms with Crippen molar-refractivity contribution in [3.05, 3.63) is 45.8 Å². The van der Waals surface area contributed by atoms with Gasteiger partial charge in [0.25, 0.3) is 0 Å². The number of hydrogen-bond donors (Lipinski definition) is 1. The zero-order valence-corrected chi connectivity index (χ0v) is 14.2. The van der Waals surface area contributed by atoms with Crippen LogP contribution in [0.1, 0.15) is 28.0 Å². The number of nitriles is 1. The van der Waals surface area contributed by atoms with Crippen molar-refractivity contribution >= 4 is 16.3 Å². The molecule has 2 heterocycles. The Bertz CT molecular complexity index is 715. The van der Waals surface area contributed by atoms with Gasteiger partial charge in [-0.15, -0.1) is 11.3 Å². The van der Waals surface area contributed by atoms with E-state index in [0.717, 1.165) is 44.8 Å². The van der Waals surface area contributed by atoms with Gasteiger partial charge in [-0.2, -0.15) is 5.26 Å². The van der Waals surface area contributed by atoms with Crippen molar-refractivity contribution in [2.75, 3.05) is 25.4 Å². The van der Waals surface area contributed by atoms with Gasteiger partial charge in [0.2, 0.25) is 0 Å². The molecule has 4 nitrogen and oxygen atoms in total. The Morgan fingerprint density at radius 2 is 2.13 bits per heavy atom. The predicted octanol–water partition coefficient (Wildman–Crippen LogP) is 3.34. The average Bonchev–Trinajstić information content (AvgIpc) is 2.87. The smallest absolute Gasteiger partial charge is 0.119 e. The van der Waals surface area contributed by atoms with Crippen LogP contribution >= 0.6 is 11.3 Å². The highest BCUT2D eigenvalue weighted by molar-refractivity contribution is 7.16. The van der Waals surface area contributed by atoms with Crippen LogP contribution in [0.5, 0.6) is 5.75 Å². The van der Waals surface area contributed by atoms with Crippen LogP contribution < -0.4 is 10.5 Å². The Balaban J connectivity index is 1.47. The number of benzene rings is 1. The highest BCUT2D eigenvalue weighted by Gasteiger charge is 2.23. The van der Waals surface area contributed by atoms with Crippen LogP contribution in [0.3, 0.4) is 0 Å². The van der Waals surface area contributed by atoms with Crippen molar-refractivity contribution in [1.82, 2.24) is 4.90 Å². The normalized spacial score (nSPS) is 14.3. The largest absolute Gasteiger partial charge is 0.494 e. The molecule has 0 atom stereocenters. The van der Waals surface area contributed by atoms with Crippen molar-refractivity contribution in [2.45, 2.75) is 26.3 Å². The highest BCUT2D eigenvalue weighted by Crippen LogP contribution is 2.34. The highest BCUT2D eigenvalue weighted by atomic mass is 32.1. The molecule has 2 aromatic rings. The zero-order valence-electron chi connectivity index (χ0n) is 13.3. The third-order valence-electron chi connectivity index (χ3n) is 4.18. The summed E-state index contributed by atoms with van der Waals surface area (Å²) in [6.07, 6.45) is 1.92. The summed E-state index contributed by atoms with van der Waals surface area (Å²) in [5.74, 6) is 0.932. The second kappa shape index (κ2) is 7.03. The number of hydrogen-bond acceptors (Lipinski definition) is 5. The van der Waals surface area contributed by atoms with E-state index in [4.69, 9.17) is 10.5 Å². The van der Waals surface area contributed by atoms with Crippen molar-refractivity contribution < 1.29 is 4.74 Å². The van der Waals surface area contributed by atoms with Gasteiger partial charge in [-0.25, -0.2) is 0 Å². The van der Waals surface area contributed by atoms with E-state index in [1.165, 1.54) is 16.0 Å². The minimum Gasteiger partial charge on any atom is -0.494 e. The van der Waals surface area contributed by atoms with E-state index in [-0.39, 0.29) is 0 Å². The molecule has 2 N–H and O–H groups in total. The summed E-state index contributed by atoms with van der Waals surface area (Å²) in [6, 6.07) is 10.4. The quantitative estimate of drug-likeness (QED) is 0.856. The second-order valence-electron chi connectivity index (χ2n) is 5.90. The topological polar surface area (TPSA) is 62.3 Å². The predicted molar refractivity (Wildman–Crippen MR) is 93.7 cm³/mol. The molecule has 5 heteroatoms. The molecule has 3 rings (SSSR count). The van der Waals surface area contributed by atoms with Gasteiger partial charge in [0, 0.05) is 24.5 Å². The van der Waals surface area contributed by atoms with Crippen LogP contribution in [0.15, 0.2) is 24.3 Å². The number of nitrogen functional groups attached to an aromatic ring is 1. The van der Waals surface area contributed by atoms with Crippen LogP contribution in [0.25, 0.3) is 0 Å². The number of fused-ring (bicyclic) bond motifs is 1. The van der Waals surface area contributed by atoms with Crippen LogP contribution in [-0.2, 0) is 13.0 Å². The van der Waals surface area contributed by atoms with Crippen molar-refractivity contribution in [3.8, 4) is 11.8 Å². The number of ether oxygens (including phenoxy) is 1. The zero-order chi connectivity index (χ0) is 16.2. The van der Waals surface area contributed by atoms with Crippen LogP contribution in [0.2, 0.25) is 0 Å². The number of anilines is 1. The Labute approximate surface area is 141 Å². The first-order valence-corrected chi connectivity index (χ1v) is 8.71. The SMILES string of the molecule is Cc1ccc(OCCCN2CCc3c(sc(N)c3C#N)C2)cc1. The van der Waals surface area contributed by atoms with E-state index >= 15 is 0 Å². The van der Waals surface area contributed by atoms with Gasteiger partial charge in [-0.1, -0.05) is 17.7 Å². The standard InChI is InChI=1S/C18H21N3OS/c1-13-3-5-14(6-4-13)22-10-2-8-21-9-7-15-16(11-19)18(20)23-17(15)12-21/h3-6H,2,7-10,12,20H2,1H3.